The van der Waals surface area contributed by atoms with Gasteiger partial charge in [-0.15, -0.1) is 10.2 Å². The van der Waals surface area contributed by atoms with Crippen LogP contribution in [0.2, 0.25) is 0 Å². The van der Waals surface area contributed by atoms with Crippen molar-refractivity contribution in [1.82, 2.24) is 20.0 Å². The molecule has 0 atom stereocenters. The molecule has 0 bridgehead atoms. The van der Waals surface area contributed by atoms with Crippen molar-refractivity contribution < 1.29 is 23.5 Å². The zero-order valence-electron chi connectivity index (χ0n) is 16.1. The summed E-state index contributed by atoms with van der Waals surface area (Å²) < 4.78 is 16.1. The molecule has 0 spiro atoms. The summed E-state index contributed by atoms with van der Waals surface area (Å²) in [6.45, 7) is 5.87. The molecular formula is C19H24N4O5. The Morgan fingerprint density at radius 2 is 1.71 bits per heavy atom. The Bertz CT molecular complexity index is 797. The Balaban J connectivity index is 1.46. The van der Waals surface area contributed by atoms with Crippen LogP contribution in [0.1, 0.15) is 19.7 Å². The van der Waals surface area contributed by atoms with Crippen molar-refractivity contribution in [2.75, 3.05) is 39.4 Å². The van der Waals surface area contributed by atoms with Gasteiger partial charge in [-0.05, 0) is 31.2 Å². The van der Waals surface area contributed by atoms with Crippen LogP contribution in [0.25, 0.3) is 11.5 Å². The molecule has 0 N–H and O–H groups in total. The number of piperazine rings is 1. The van der Waals surface area contributed by atoms with E-state index in [1.54, 1.807) is 28.9 Å². The smallest absolute Gasteiger partial charge is 0.409 e. The Labute approximate surface area is 163 Å². The van der Waals surface area contributed by atoms with E-state index in [-0.39, 0.29) is 18.6 Å². The summed E-state index contributed by atoms with van der Waals surface area (Å²) >= 11 is 0. The maximum absolute atomic E-state index is 12.3. The van der Waals surface area contributed by atoms with E-state index >= 15 is 0 Å². The Kier molecular flexibility index (Phi) is 6.46. The maximum Gasteiger partial charge on any atom is 0.409 e. The van der Waals surface area contributed by atoms with E-state index in [1.807, 2.05) is 19.1 Å². The number of hydrogen-bond donors (Lipinski definition) is 0. The molecule has 3 rings (SSSR count). The lowest BCUT2D eigenvalue weighted by atomic mass is 10.2. The molecule has 1 fully saturated rings. The van der Waals surface area contributed by atoms with Crippen molar-refractivity contribution in [2.45, 2.75) is 20.3 Å². The fraction of sp³-hybridized carbons (Fsp3) is 0.474. The minimum absolute atomic E-state index is 0.0563. The molecule has 0 aliphatic carbocycles. The summed E-state index contributed by atoms with van der Waals surface area (Å²) in [5, 5.41) is 7.94. The van der Waals surface area contributed by atoms with Crippen molar-refractivity contribution in [3.05, 3.63) is 30.2 Å². The summed E-state index contributed by atoms with van der Waals surface area (Å²) in [6.07, 6.45) is 0.350. The van der Waals surface area contributed by atoms with Gasteiger partial charge in [-0.3, -0.25) is 4.79 Å². The summed E-state index contributed by atoms with van der Waals surface area (Å²) in [7, 11) is 0. The highest BCUT2D eigenvalue weighted by molar-refractivity contribution is 5.78. The third-order valence-corrected chi connectivity index (χ3v) is 4.39. The van der Waals surface area contributed by atoms with Crippen LogP contribution in [-0.4, -0.2) is 71.4 Å². The lowest BCUT2D eigenvalue weighted by molar-refractivity contribution is -0.134. The van der Waals surface area contributed by atoms with Crippen LogP contribution in [0.5, 0.6) is 5.75 Å². The van der Waals surface area contributed by atoms with Crippen molar-refractivity contribution >= 4 is 12.0 Å². The normalized spacial score (nSPS) is 14.1. The predicted molar refractivity (Wildman–Crippen MR) is 99.8 cm³/mol. The highest BCUT2D eigenvalue weighted by Crippen LogP contribution is 2.21. The first-order valence-corrected chi connectivity index (χ1v) is 9.35. The minimum Gasteiger partial charge on any atom is -0.484 e. The molecule has 9 heteroatoms. The van der Waals surface area contributed by atoms with Gasteiger partial charge in [-0.2, -0.15) is 0 Å². The number of aryl methyl sites for hydroxylation is 1. The second-order valence-electron chi connectivity index (χ2n) is 6.23. The van der Waals surface area contributed by atoms with Gasteiger partial charge in [0.2, 0.25) is 11.8 Å². The van der Waals surface area contributed by atoms with Crippen LogP contribution in [0.15, 0.2) is 28.7 Å². The molecule has 0 radical (unpaired) electrons. The molecule has 28 heavy (non-hydrogen) atoms. The van der Waals surface area contributed by atoms with Crippen molar-refractivity contribution in [3.8, 4) is 17.2 Å². The topological polar surface area (TPSA) is 98.0 Å². The number of carbonyl (C=O) groups is 2. The van der Waals surface area contributed by atoms with Gasteiger partial charge in [0.25, 0.3) is 5.91 Å². The molecule has 2 amide bonds. The maximum atomic E-state index is 12.3. The first kappa shape index (κ1) is 19.7. The van der Waals surface area contributed by atoms with Crippen LogP contribution < -0.4 is 4.74 Å². The number of carbonyl (C=O) groups excluding carboxylic acids is 2. The Hall–Kier alpha value is -3.10. The van der Waals surface area contributed by atoms with Crippen molar-refractivity contribution in [1.29, 1.82) is 0 Å². The third-order valence-electron chi connectivity index (χ3n) is 4.39. The quantitative estimate of drug-likeness (QED) is 0.746. The van der Waals surface area contributed by atoms with Gasteiger partial charge in [0.15, 0.2) is 6.61 Å². The monoisotopic (exact) mass is 388 g/mol. The molecule has 9 nitrogen and oxygen atoms in total. The third kappa shape index (κ3) is 4.79. The number of nitrogens with zero attached hydrogens (tertiary/aromatic N) is 4. The molecule has 1 aromatic carbocycles. The molecule has 150 valence electrons. The van der Waals surface area contributed by atoms with Crippen LogP contribution >= 0.6 is 0 Å². The first-order chi connectivity index (χ1) is 13.6. The number of benzene rings is 1. The molecule has 0 saturated carbocycles. The zero-order valence-corrected chi connectivity index (χ0v) is 16.1. The highest BCUT2D eigenvalue weighted by Gasteiger charge is 2.25. The lowest BCUT2D eigenvalue weighted by Gasteiger charge is -2.33. The van der Waals surface area contributed by atoms with Gasteiger partial charge in [0, 0.05) is 38.2 Å². The molecule has 2 heterocycles. The number of ether oxygens (including phenoxy) is 2. The van der Waals surface area contributed by atoms with Crippen molar-refractivity contribution in [3.63, 3.8) is 0 Å². The summed E-state index contributed by atoms with van der Waals surface area (Å²) in [5.74, 6) is 1.51. The summed E-state index contributed by atoms with van der Waals surface area (Å²) in [4.78, 5) is 27.3. The molecule has 1 aliphatic rings. The average Bonchev–Trinajstić information content (AvgIpc) is 3.22. The number of rotatable bonds is 6. The van der Waals surface area contributed by atoms with E-state index < -0.39 is 0 Å². The van der Waals surface area contributed by atoms with E-state index in [0.717, 1.165) is 5.56 Å². The second kappa shape index (κ2) is 9.20. The van der Waals surface area contributed by atoms with Gasteiger partial charge in [0.1, 0.15) is 5.75 Å². The molecule has 0 unspecified atom stereocenters. The molecule has 1 saturated heterocycles. The van der Waals surface area contributed by atoms with E-state index in [0.29, 0.717) is 56.7 Å². The Morgan fingerprint density at radius 1 is 1.04 bits per heavy atom. The first-order valence-electron chi connectivity index (χ1n) is 9.35. The molecular weight excluding hydrogens is 364 g/mol. The van der Waals surface area contributed by atoms with E-state index in [4.69, 9.17) is 13.9 Å². The molecule has 1 aliphatic heterocycles. The van der Waals surface area contributed by atoms with Gasteiger partial charge < -0.3 is 23.7 Å². The summed E-state index contributed by atoms with van der Waals surface area (Å²) in [5.41, 5.74) is 0.793. The molecule has 1 aromatic heterocycles. The molecule has 2 aromatic rings. The SMILES string of the molecule is CCOC(=O)N1CCN(C(=O)COc2ccc(-c3nnc(CC)o3)cc2)CC1. The standard InChI is InChI=1S/C19H24N4O5/c1-3-16-20-21-18(28-16)14-5-7-15(8-6-14)27-13-17(24)22-9-11-23(12-10-22)19(25)26-4-2/h5-8H,3-4,9-13H2,1-2H3. The van der Waals surface area contributed by atoms with Crippen molar-refractivity contribution in [2.24, 2.45) is 0 Å². The van der Waals surface area contributed by atoms with Gasteiger partial charge in [-0.25, -0.2) is 4.79 Å². The van der Waals surface area contributed by atoms with E-state index in [9.17, 15) is 9.59 Å². The fourth-order valence-corrected chi connectivity index (χ4v) is 2.80. The largest absolute Gasteiger partial charge is 0.484 e. The van der Waals surface area contributed by atoms with Crippen LogP contribution in [-0.2, 0) is 16.0 Å². The van der Waals surface area contributed by atoms with Gasteiger partial charge in [0.05, 0.1) is 6.61 Å². The number of hydrogen-bond acceptors (Lipinski definition) is 7. The fourth-order valence-electron chi connectivity index (χ4n) is 2.80. The highest BCUT2D eigenvalue weighted by atomic mass is 16.6. The summed E-state index contributed by atoms with van der Waals surface area (Å²) in [6, 6.07) is 7.14. The lowest BCUT2D eigenvalue weighted by Crippen LogP contribution is -2.51. The second-order valence-corrected chi connectivity index (χ2v) is 6.23. The number of aromatic nitrogens is 2. The predicted octanol–water partition coefficient (Wildman–Crippen LogP) is 1.98. The van der Waals surface area contributed by atoms with Crippen LogP contribution in [0.3, 0.4) is 0 Å². The minimum atomic E-state index is -0.335. The van der Waals surface area contributed by atoms with E-state index in [2.05, 4.69) is 10.2 Å². The number of amides is 2. The van der Waals surface area contributed by atoms with Crippen LogP contribution in [0, 0.1) is 0 Å². The Morgan fingerprint density at radius 3 is 2.32 bits per heavy atom. The van der Waals surface area contributed by atoms with Gasteiger partial charge in [-0.1, -0.05) is 6.92 Å². The van der Waals surface area contributed by atoms with E-state index in [1.165, 1.54) is 0 Å². The average molecular weight is 388 g/mol. The zero-order chi connectivity index (χ0) is 19.9. The van der Waals surface area contributed by atoms with Gasteiger partial charge >= 0.3 is 6.09 Å². The van der Waals surface area contributed by atoms with Crippen LogP contribution in [0.4, 0.5) is 4.79 Å².